The van der Waals surface area contributed by atoms with E-state index in [0.29, 0.717) is 6.54 Å². The number of rotatable bonds is 5. The largest absolute Gasteiger partial charge is 0.349 e. The lowest BCUT2D eigenvalue weighted by molar-refractivity contribution is 0.0941. The second-order valence-corrected chi connectivity index (χ2v) is 3.89. The van der Waals surface area contributed by atoms with Crippen LogP contribution in [0.5, 0.6) is 0 Å². The number of tetrazole rings is 1. The summed E-state index contributed by atoms with van der Waals surface area (Å²) in [7, 11) is 0. The maximum absolute atomic E-state index is 11.4. The monoisotopic (exact) mass is 224 g/mol. The van der Waals surface area contributed by atoms with E-state index in [1.807, 2.05) is 0 Å². The van der Waals surface area contributed by atoms with Crippen LogP contribution in [-0.4, -0.2) is 57.6 Å². The van der Waals surface area contributed by atoms with E-state index >= 15 is 0 Å². The summed E-state index contributed by atoms with van der Waals surface area (Å²) < 4.78 is 0. The van der Waals surface area contributed by atoms with Crippen LogP contribution in [0.2, 0.25) is 0 Å². The van der Waals surface area contributed by atoms with Crippen LogP contribution in [0.25, 0.3) is 0 Å². The summed E-state index contributed by atoms with van der Waals surface area (Å²) in [5, 5.41) is 15.5. The van der Waals surface area contributed by atoms with E-state index in [-0.39, 0.29) is 11.7 Å². The quantitative estimate of drug-likeness (QED) is 0.653. The van der Waals surface area contributed by atoms with Gasteiger partial charge < -0.3 is 10.2 Å². The first-order chi connectivity index (χ1) is 7.86. The highest BCUT2D eigenvalue weighted by atomic mass is 16.2. The van der Waals surface area contributed by atoms with Gasteiger partial charge in [-0.25, -0.2) is 0 Å². The molecule has 2 heterocycles. The molecular weight excluding hydrogens is 208 g/mol. The van der Waals surface area contributed by atoms with E-state index in [4.69, 9.17) is 0 Å². The van der Waals surface area contributed by atoms with Crippen molar-refractivity contribution in [1.82, 2.24) is 30.8 Å². The van der Waals surface area contributed by atoms with Crippen LogP contribution >= 0.6 is 0 Å². The van der Waals surface area contributed by atoms with Crippen LogP contribution in [0.15, 0.2) is 0 Å². The van der Waals surface area contributed by atoms with Crippen molar-refractivity contribution in [3.05, 3.63) is 5.82 Å². The van der Waals surface area contributed by atoms with Gasteiger partial charge in [0.1, 0.15) is 0 Å². The van der Waals surface area contributed by atoms with Gasteiger partial charge in [-0.2, -0.15) is 5.21 Å². The van der Waals surface area contributed by atoms with Gasteiger partial charge >= 0.3 is 0 Å². The molecule has 0 spiro atoms. The van der Waals surface area contributed by atoms with Gasteiger partial charge in [-0.3, -0.25) is 4.79 Å². The third-order valence-corrected chi connectivity index (χ3v) is 2.68. The Morgan fingerprint density at radius 3 is 2.94 bits per heavy atom. The van der Waals surface area contributed by atoms with Crippen molar-refractivity contribution in [3.8, 4) is 0 Å². The lowest BCUT2D eigenvalue weighted by Crippen LogP contribution is -2.29. The zero-order chi connectivity index (χ0) is 11.2. The average molecular weight is 224 g/mol. The van der Waals surface area contributed by atoms with E-state index in [9.17, 15) is 4.79 Å². The molecule has 1 fully saturated rings. The maximum atomic E-state index is 11.4. The van der Waals surface area contributed by atoms with E-state index in [1.54, 1.807) is 0 Å². The summed E-state index contributed by atoms with van der Waals surface area (Å²) in [6, 6.07) is 0. The Morgan fingerprint density at radius 1 is 1.44 bits per heavy atom. The van der Waals surface area contributed by atoms with Crippen molar-refractivity contribution < 1.29 is 4.79 Å². The van der Waals surface area contributed by atoms with E-state index in [2.05, 4.69) is 30.8 Å². The number of likely N-dealkylation sites (tertiary alicyclic amines) is 1. The molecule has 1 amide bonds. The van der Waals surface area contributed by atoms with Crippen LogP contribution in [0.4, 0.5) is 0 Å². The SMILES string of the molecule is O=C(NCCCN1CCCC1)c1nn[nH]n1. The molecule has 1 aliphatic rings. The molecule has 0 bridgehead atoms. The molecule has 1 saturated heterocycles. The number of hydrogen-bond donors (Lipinski definition) is 2. The number of carbonyl (C=O) groups is 1. The molecule has 0 aliphatic carbocycles. The van der Waals surface area contributed by atoms with Crippen LogP contribution in [0, 0.1) is 0 Å². The van der Waals surface area contributed by atoms with Gasteiger partial charge in [0.2, 0.25) is 0 Å². The van der Waals surface area contributed by atoms with Gasteiger partial charge in [0.15, 0.2) is 0 Å². The highest BCUT2D eigenvalue weighted by Crippen LogP contribution is 2.06. The topological polar surface area (TPSA) is 86.8 Å². The lowest BCUT2D eigenvalue weighted by atomic mass is 10.4. The molecule has 16 heavy (non-hydrogen) atoms. The fourth-order valence-electron chi connectivity index (χ4n) is 1.85. The van der Waals surface area contributed by atoms with Crippen molar-refractivity contribution in [3.63, 3.8) is 0 Å². The van der Waals surface area contributed by atoms with Crippen molar-refractivity contribution in [2.24, 2.45) is 0 Å². The van der Waals surface area contributed by atoms with E-state index in [1.165, 1.54) is 25.9 Å². The molecule has 1 aromatic heterocycles. The van der Waals surface area contributed by atoms with Crippen LogP contribution in [0.3, 0.4) is 0 Å². The van der Waals surface area contributed by atoms with Gasteiger partial charge in [0, 0.05) is 6.54 Å². The molecule has 0 atom stereocenters. The first-order valence-electron chi connectivity index (χ1n) is 5.60. The summed E-state index contributed by atoms with van der Waals surface area (Å²) in [6.45, 7) is 4.09. The standard InChI is InChI=1S/C9H16N6O/c16-9(8-11-13-14-12-8)10-4-3-7-15-5-1-2-6-15/h1-7H2,(H,10,16)(H,11,12,13,14). The Labute approximate surface area is 93.6 Å². The Hall–Kier alpha value is -1.50. The normalized spacial score (nSPS) is 16.5. The number of hydrogen-bond acceptors (Lipinski definition) is 5. The molecule has 7 heteroatoms. The van der Waals surface area contributed by atoms with Crippen LogP contribution in [-0.2, 0) is 0 Å². The summed E-state index contributed by atoms with van der Waals surface area (Å²) in [5.74, 6) is -0.170. The first kappa shape index (κ1) is 11.0. The molecular formula is C9H16N6O. The number of nitrogens with one attached hydrogen (secondary N) is 2. The van der Waals surface area contributed by atoms with Crippen molar-refractivity contribution >= 4 is 5.91 Å². The molecule has 0 radical (unpaired) electrons. The average Bonchev–Trinajstić information content (AvgIpc) is 2.96. The maximum Gasteiger partial charge on any atom is 0.292 e. The molecule has 0 aromatic carbocycles. The summed E-state index contributed by atoms with van der Waals surface area (Å²) in [4.78, 5) is 13.8. The fourth-order valence-corrected chi connectivity index (χ4v) is 1.85. The van der Waals surface area contributed by atoms with Crippen molar-refractivity contribution in [2.75, 3.05) is 26.2 Å². The molecule has 0 saturated carbocycles. The van der Waals surface area contributed by atoms with Gasteiger partial charge in [0.05, 0.1) is 0 Å². The molecule has 88 valence electrons. The van der Waals surface area contributed by atoms with Crippen LogP contribution in [0.1, 0.15) is 29.9 Å². The molecule has 1 aromatic rings. The van der Waals surface area contributed by atoms with E-state index in [0.717, 1.165) is 13.0 Å². The lowest BCUT2D eigenvalue weighted by Gasteiger charge is -2.13. The number of H-pyrrole nitrogens is 1. The molecule has 0 unspecified atom stereocenters. The smallest absolute Gasteiger partial charge is 0.292 e. The fraction of sp³-hybridized carbons (Fsp3) is 0.778. The minimum absolute atomic E-state index is 0.0983. The first-order valence-corrected chi connectivity index (χ1v) is 5.60. The van der Waals surface area contributed by atoms with Crippen molar-refractivity contribution in [2.45, 2.75) is 19.3 Å². The Bertz CT molecular complexity index is 319. The van der Waals surface area contributed by atoms with Gasteiger partial charge in [-0.15, -0.1) is 10.2 Å². The van der Waals surface area contributed by atoms with Gasteiger partial charge in [0.25, 0.3) is 11.7 Å². The van der Waals surface area contributed by atoms with Crippen LogP contribution < -0.4 is 5.32 Å². The number of aromatic nitrogens is 4. The minimum Gasteiger partial charge on any atom is -0.349 e. The summed E-state index contributed by atoms with van der Waals surface area (Å²) in [6.07, 6.45) is 3.56. The third-order valence-electron chi connectivity index (χ3n) is 2.68. The van der Waals surface area contributed by atoms with E-state index < -0.39 is 0 Å². The third kappa shape index (κ3) is 2.99. The number of nitrogens with zero attached hydrogens (tertiary/aromatic N) is 4. The number of amides is 1. The highest BCUT2D eigenvalue weighted by molar-refractivity contribution is 5.89. The van der Waals surface area contributed by atoms with Crippen molar-refractivity contribution in [1.29, 1.82) is 0 Å². The highest BCUT2D eigenvalue weighted by Gasteiger charge is 2.12. The molecule has 1 aliphatic heterocycles. The van der Waals surface area contributed by atoms with Gasteiger partial charge in [-0.05, 0) is 44.1 Å². The summed E-state index contributed by atoms with van der Waals surface area (Å²) in [5.41, 5.74) is 0. The Morgan fingerprint density at radius 2 is 2.25 bits per heavy atom. The molecule has 7 nitrogen and oxygen atoms in total. The second kappa shape index (κ2) is 5.55. The molecule has 2 rings (SSSR count). The predicted octanol–water partition coefficient (Wildman–Crippen LogP) is -0.585. The number of aromatic amines is 1. The molecule has 2 N–H and O–H groups in total. The Kier molecular flexibility index (Phi) is 3.81. The predicted molar refractivity (Wildman–Crippen MR) is 56.8 cm³/mol. The zero-order valence-corrected chi connectivity index (χ0v) is 9.15. The summed E-state index contributed by atoms with van der Waals surface area (Å²) >= 11 is 0. The van der Waals surface area contributed by atoms with Gasteiger partial charge in [-0.1, -0.05) is 0 Å². The minimum atomic E-state index is -0.268. The second-order valence-electron chi connectivity index (χ2n) is 3.89. The Balaban J connectivity index is 1.59. The zero-order valence-electron chi connectivity index (χ0n) is 9.15. The number of carbonyl (C=O) groups excluding carboxylic acids is 1.